The van der Waals surface area contributed by atoms with Crippen LogP contribution in [0.5, 0.6) is 34.5 Å². The third-order valence-corrected chi connectivity index (χ3v) is 16.0. The molecule has 12 bridgehead atoms. The zero-order valence-corrected chi connectivity index (χ0v) is 53.3. The first-order valence-electron chi connectivity index (χ1n) is 28.8. The molecular weight excluding hydrogens is 1030 g/mol. The molecule has 0 spiro atoms. The van der Waals surface area contributed by atoms with E-state index in [4.69, 9.17) is 37.9 Å². The summed E-state index contributed by atoms with van der Waals surface area (Å²) < 4.78 is 50.9. The van der Waals surface area contributed by atoms with Gasteiger partial charge in [0.2, 0.25) is 0 Å². The van der Waals surface area contributed by atoms with E-state index in [2.05, 4.69) is 165 Å². The van der Waals surface area contributed by atoms with Crippen LogP contribution in [0.4, 0.5) is 5.69 Å². The highest BCUT2D eigenvalue weighted by atomic mass is 16.7. The van der Waals surface area contributed by atoms with Crippen LogP contribution >= 0.6 is 0 Å². The Morgan fingerprint density at radius 1 is 0.341 bits per heavy atom. The van der Waals surface area contributed by atoms with E-state index in [0.717, 1.165) is 84.0 Å². The maximum atomic E-state index is 13.2. The third kappa shape index (κ3) is 14.3. The molecule has 0 fully saturated rings. The van der Waals surface area contributed by atoms with Crippen molar-refractivity contribution in [2.75, 3.05) is 62.7 Å². The van der Waals surface area contributed by atoms with Crippen LogP contribution in [0.2, 0.25) is 0 Å². The van der Waals surface area contributed by atoms with E-state index >= 15 is 0 Å². The zero-order chi connectivity index (χ0) is 60.4. The van der Waals surface area contributed by atoms with Crippen molar-refractivity contribution in [2.24, 2.45) is 0 Å². The molecule has 0 radical (unpaired) electrons. The number of non-ortho nitro benzene ring substituents is 1. The molecule has 0 aromatic heterocycles. The van der Waals surface area contributed by atoms with E-state index < -0.39 is 0 Å². The summed E-state index contributed by atoms with van der Waals surface area (Å²) in [6.07, 6.45) is 2.51. The Hall–Kier alpha value is -6.56. The minimum atomic E-state index is -0.323. The van der Waals surface area contributed by atoms with Crippen molar-refractivity contribution in [1.29, 1.82) is 0 Å². The van der Waals surface area contributed by atoms with E-state index in [-0.39, 0.29) is 57.3 Å². The smallest absolute Gasteiger partial charge is 0.270 e. The van der Waals surface area contributed by atoms with Gasteiger partial charge in [-0.05, 0) is 111 Å². The van der Waals surface area contributed by atoms with Gasteiger partial charge < -0.3 is 37.9 Å². The van der Waals surface area contributed by atoms with Crippen LogP contribution in [0.1, 0.15) is 198 Å². The van der Waals surface area contributed by atoms with Gasteiger partial charge in [-0.3, -0.25) is 10.1 Å². The molecule has 0 atom stereocenters. The Bertz CT molecular complexity index is 3110. The van der Waals surface area contributed by atoms with Crippen molar-refractivity contribution in [3.8, 4) is 34.5 Å². The van der Waals surface area contributed by atoms with Gasteiger partial charge in [0.15, 0.2) is 6.79 Å². The average Bonchev–Trinajstić information content (AvgIpc) is 3.55. The Labute approximate surface area is 490 Å². The van der Waals surface area contributed by atoms with Crippen molar-refractivity contribution in [2.45, 2.75) is 169 Å². The number of methoxy groups -OCH3 is 6. The molecule has 1 aliphatic rings. The molecule has 6 aromatic rings. The Morgan fingerprint density at radius 3 is 0.720 bits per heavy atom. The standard InChI is InChI=1S/C71H93NO10/c1-67(2,3)55-30-43-24-45-32-56(68(4,5)6)34-47(62(45)77-18)26-49-36-58(70(10,11)12)38-51(64(49)79-20)28-53-40-60(72(73)74)41-54(66(53)82-42-81-23-22-75-16)29-52-39-59(71(13,14)15)37-50(65(52)80-21)27-48-35-57(69(7,8)9)33-46(63(48)78-19)25-44(31-55)61(43)76-17/h30-41H,22-29,42H2,1-21H3. The first-order valence-corrected chi connectivity index (χ1v) is 28.8. The van der Waals surface area contributed by atoms with Crippen molar-refractivity contribution < 1.29 is 42.8 Å². The first kappa shape index (κ1) is 63.0. The second kappa shape index (κ2) is 24.7. The van der Waals surface area contributed by atoms with Crippen molar-refractivity contribution in [1.82, 2.24) is 0 Å². The number of nitro groups is 1. The normalized spacial score (nSPS) is 13.5. The van der Waals surface area contributed by atoms with E-state index in [1.165, 1.54) is 16.7 Å². The van der Waals surface area contributed by atoms with Crippen LogP contribution in [0.15, 0.2) is 72.8 Å². The molecule has 442 valence electrons. The average molecular weight is 1120 g/mol. The van der Waals surface area contributed by atoms with Gasteiger partial charge in [0.05, 0.1) is 53.7 Å². The van der Waals surface area contributed by atoms with Crippen molar-refractivity contribution in [3.05, 3.63) is 177 Å². The molecule has 0 aliphatic heterocycles. The van der Waals surface area contributed by atoms with Crippen LogP contribution in [0, 0.1) is 10.1 Å². The predicted octanol–water partition coefficient (Wildman–Crippen LogP) is 16.0. The second-order valence-corrected chi connectivity index (χ2v) is 27.5. The Balaban J connectivity index is 1.65. The van der Waals surface area contributed by atoms with Crippen LogP contribution < -0.4 is 28.4 Å². The SMILES string of the molecule is COCCOCOc1c2cc([N+](=O)[O-])cc1Cc1cc(C(C)(C)C)cc(c1OC)Cc1cc(C(C)(C)C)cc(c1OC)Cc1cc(C(C)(C)C)cc(c1OC)Cc1cc(C(C)(C)C)cc(c1OC)Cc1cc(C(C)(C)C)cc(c1OC)C2. The maximum absolute atomic E-state index is 13.2. The van der Waals surface area contributed by atoms with E-state index in [9.17, 15) is 10.1 Å². The fourth-order valence-electron chi connectivity index (χ4n) is 11.4. The highest BCUT2D eigenvalue weighted by Crippen LogP contribution is 2.46. The van der Waals surface area contributed by atoms with Gasteiger partial charge in [0.25, 0.3) is 5.69 Å². The quantitative estimate of drug-likeness (QED) is 0.0507. The van der Waals surface area contributed by atoms with Gasteiger partial charge in [-0.1, -0.05) is 165 Å². The number of nitrogens with zero attached hydrogens (tertiary/aromatic N) is 1. The Morgan fingerprint density at radius 2 is 0.549 bits per heavy atom. The molecule has 0 N–H and O–H groups in total. The first-order chi connectivity index (χ1) is 38.3. The molecule has 11 heteroatoms. The summed E-state index contributed by atoms with van der Waals surface area (Å²) in [5.74, 6) is 4.28. The van der Waals surface area contributed by atoms with Crippen molar-refractivity contribution >= 4 is 5.69 Å². The molecule has 82 heavy (non-hydrogen) atoms. The maximum Gasteiger partial charge on any atom is 0.270 e. The summed E-state index contributed by atoms with van der Waals surface area (Å²) in [4.78, 5) is 12.9. The summed E-state index contributed by atoms with van der Waals surface area (Å²) in [7, 11) is 10.3. The summed E-state index contributed by atoms with van der Waals surface area (Å²) in [5, 5.41) is 13.2. The molecule has 0 amide bonds. The summed E-state index contributed by atoms with van der Waals surface area (Å²) in [6.45, 7) is 34.1. The van der Waals surface area contributed by atoms with Crippen LogP contribution in [-0.2, 0) is 75.1 Å². The zero-order valence-electron chi connectivity index (χ0n) is 53.3. The van der Waals surface area contributed by atoms with Crippen LogP contribution in [0.25, 0.3) is 0 Å². The molecule has 1 aliphatic carbocycles. The highest BCUT2D eigenvalue weighted by molar-refractivity contribution is 5.62. The molecule has 0 heterocycles. The lowest BCUT2D eigenvalue weighted by molar-refractivity contribution is -0.385. The minimum Gasteiger partial charge on any atom is -0.496 e. The lowest BCUT2D eigenvalue weighted by Crippen LogP contribution is -2.16. The molecule has 11 nitrogen and oxygen atoms in total. The van der Waals surface area contributed by atoms with Gasteiger partial charge in [-0.15, -0.1) is 0 Å². The molecular formula is C71H93NO10. The van der Waals surface area contributed by atoms with Gasteiger partial charge in [-0.25, -0.2) is 0 Å². The summed E-state index contributed by atoms with van der Waals surface area (Å²) >= 11 is 0. The van der Waals surface area contributed by atoms with E-state index in [0.29, 0.717) is 67.3 Å². The lowest BCUT2D eigenvalue weighted by Gasteiger charge is -2.28. The summed E-state index contributed by atoms with van der Waals surface area (Å²) in [6, 6.07) is 26.0. The second-order valence-electron chi connectivity index (χ2n) is 27.5. The van der Waals surface area contributed by atoms with E-state index in [1.54, 1.807) is 54.8 Å². The number of fused-ring (bicyclic) bond motifs is 12. The third-order valence-electron chi connectivity index (χ3n) is 16.0. The molecule has 0 saturated heterocycles. The van der Waals surface area contributed by atoms with Crippen LogP contribution in [-0.4, -0.2) is 67.6 Å². The number of hydrogen-bond acceptors (Lipinski definition) is 10. The number of rotatable bonds is 12. The van der Waals surface area contributed by atoms with Gasteiger partial charge in [-0.2, -0.15) is 0 Å². The van der Waals surface area contributed by atoms with Gasteiger partial charge >= 0.3 is 0 Å². The number of benzene rings is 6. The number of nitro benzene ring substituents is 1. The van der Waals surface area contributed by atoms with Gasteiger partial charge in [0, 0.05) is 68.9 Å². The minimum absolute atomic E-state index is 0.0555. The van der Waals surface area contributed by atoms with Gasteiger partial charge in [0.1, 0.15) is 34.5 Å². The molecule has 7 rings (SSSR count). The predicted molar refractivity (Wildman–Crippen MR) is 332 cm³/mol. The number of ether oxygens (including phenoxy) is 8. The largest absolute Gasteiger partial charge is 0.496 e. The van der Waals surface area contributed by atoms with E-state index in [1.807, 2.05) is 0 Å². The fraction of sp³-hybridized carbons (Fsp3) is 0.493. The van der Waals surface area contributed by atoms with Crippen molar-refractivity contribution in [3.63, 3.8) is 0 Å². The lowest BCUT2D eigenvalue weighted by atomic mass is 9.79. The molecule has 0 saturated carbocycles. The Kier molecular flexibility index (Phi) is 19.0. The number of hydrogen-bond donors (Lipinski definition) is 0. The topological polar surface area (TPSA) is 117 Å². The highest BCUT2D eigenvalue weighted by Gasteiger charge is 2.31. The molecule has 6 aromatic carbocycles. The molecule has 0 unspecified atom stereocenters. The van der Waals surface area contributed by atoms with Crippen LogP contribution in [0.3, 0.4) is 0 Å². The monoisotopic (exact) mass is 1120 g/mol. The summed E-state index contributed by atoms with van der Waals surface area (Å²) in [5.41, 5.74) is 15.5. The fourth-order valence-corrected chi connectivity index (χ4v) is 11.4.